The molecule has 0 aromatic carbocycles. The first-order valence-electron chi connectivity index (χ1n) is 10.0. The predicted molar refractivity (Wildman–Crippen MR) is 111 cm³/mol. The van der Waals surface area contributed by atoms with Crippen LogP contribution in [0, 0.1) is 0 Å². The second-order valence-corrected chi connectivity index (χ2v) is 7.91. The Morgan fingerprint density at radius 2 is 1.71 bits per heavy atom. The van der Waals surface area contributed by atoms with Crippen molar-refractivity contribution in [2.75, 3.05) is 44.2 Å². The third-order valence-corrected chi connectivity index (χ3v) is 5.82. The smallest absolute Gasteiger partial charge is 0.255 e. The van der Waals surface area contributed by atoms with E-state index in [1.165, 1.54) is 12.0 Å². The first-order valence-corrected chi connectivity index (χ1v) is 10.4. The van der Waals surface area contributed by atoms with E-state index in [9.17, 15) is 4.79 Å². The van der Waals surface area contributed by atoms with Gasteiger partial charge in [-0.2, -0.15) is 0 Å². The number of carbonyl (C=O) groups excluding carboxylic acids is 1. The monoisotopic (exact) mass is 399 g/mol. The second kappa shape index (κ2) is 8.88. The van der Waals surface area contributed by atoms with Crippen LogP contribution >= 0.6 is 11.6 Å². The molecule has 4 rings (SSSR count). The third kappa shape index (κ3) is 4.45. The zero-order valence-electron chi connectivity index (χ0n) is 16.1. The Kier molecular flexibility index (Phi) is 6.07. The molecule has 7 heteroatoms. The summed E-state index contributed by atoms with van der Waals surface area (Å²) in [4.78, 5) is 27.8. The number of hydrogen-bond acceptors (Lipinski definition) is 5. The van der Waals surface area contributed by atoms with E-state index < -0.39 is 0 Å². The molecule has 2 aliphatic heterocycles. The van der Waals surface area contributed by atoms with Gasteiger partial charge in [0.05, 0.1) is 10.6 Å². The molecule has 0 N–H and O–H groups in total. The molecule has 0 atom stereocenters. The molecule has 0 radical (unpaired) electrons. The summed E-state index contributed by atoms with van der Waals surface area (Å²) in [6, 6.07) is 5.90. The van der Waals surface area contributed by atoms with Crippen molar-refractivity contribution in [3.63, 3.8) is 0 Å². The lowest BCUT2D eigenvalue weighted by molar-refractivity contribution is 0.0724. The van der Waals surface area contributed by atoms with E-state index >= 15 is 0 Å². The fraction of sp³-hybridized carbons (Fsp3) is 0.476. The zero-order chi connectivity index (χ0) is 19.3. The number of nitrogens with zero attached hydrogens (tertiary/aromatic N) is 5. The number of anilines is 1. The van der Waals surface area contributed by atoms with E-state index in [0.29, 0.717) is 10.6 Å². The lowest BCUT2D eigenvalue weighted by atomic mass is 10.1. The highest BCUT2D eigenvalue weighted by Gasteiger charge is 2.23. The number of aromatic nitrogens is 2. The Bertz CT molecular complexity index is 802. The number of amides is 1. The van der Waals surface area contributed by atoms with Crippen LogP contribution in [0.5, 0.6) is 0 Å². The Labute approximate surface area is 171 Å². The number of likely N-dealkylation sites (tertiary alicyclic amines) is 1. The molecule has 0 saturated carbocycles. The summed E-state index contributed by atoms with van der Waals surface area (Å²) in [5, 5.41) is 0.561. The number of piperidine rings is 1. The minimum absolute atomic E-state index is 0.0443. The summed E-state index contributed by atoms with van der Waals surface area (Å²) in [7, 11) is 0. The normalized spacial score (nSPS) is 18.3. The molecule has 0 spiro atoms. The van der Waals surface area contributed by atoms with E-state index in [2.05, 4.69) is 31.9 Å². The predicted octanol–water partition coefficient (Wildman–Crippen LogP) is 3.08. The Morgan fingerprint density at radius 3 is 2.39 bits per heavy atom. The van der Waals surface area contributed by atoms with Crippen LogP contribution in [-0.2, 0) is 6.54 Å². The molecule has 0 bridgehead atoms. The molecular weight excluding hydrogens is 374 g/mol. The highest BCUT2D eigenvalue weighted by molar-refractivity contribution is 6.33. The van der Waals surface area contributed by atoms with Crippen LogP contribution in [0.4, 0.5) is 5.82 Å². The van der Waals surface area contributed by atoms with Crippen LogP contribution in [0.3, 0.4) is 0 Å². The Morgan fingerprint density at radius 1 is 1.00 bits per heavy atom. The number of hydrogen-bond donors (Lipinski definition) is 0. The quantitative estimate of drug-likeness (QED) is 0.790. The van der Waals surface area contributed by atoms with Crippen molar-refractivity contribution in [1.29, 1.82) is 0 Å². The average Bonchev–Trinajstić information content (AvgIpc) is 2.75. The number of pyridine rings is 2. The van der Waals surface area contributed by atoms with Crippen LogP contribution in [-0.4, -0.2) is 64.9 Å². The van der Waals surface area contributed by atoms with E-state index in [-0.39, 0.29) is 5.91 Å². The molecule has 0 unspecified atom stereocenters. The van der Waals surface area contributed by atoms with E-state index in [1.807, 2.05) is 17.3 Å². The number of piperazine rings is 1. The first-order chi connectivity index (χ1) is 13.7. The maximum absolute atomic E-state index is 12.7. The van der Waals surface area contributed by atoms with Crippen molar-refractivity contribution in [2.24, 2.45) is 0 Å². The maximum atomic E-state index is 12.7. The zero-order valence-corrected chi connectivity index (χ0v) is 16.8. The van der Waals surface area contributed by atoms with Gasteiger partial charge in [-0.1, -0.05) is 11.6 Å². The molecule has 1 amide bonds. The Balaban J connectivity index is 1.36. The van der Waals surface area contributed by atoms with Gasteiger partial charge < -0.3 is 9.80 Å². The van der Waals surface area contributed by atoms with Crippen molar-refractivity contribution in [3.8, 4) is 0 Å². The van der Waals surface area contributed by atoms with Crippen molar-refractivity contribution in [2.45, 2.75) is 25.8 Å². The van der Waals surface area contributed by atoms with Gasteiger partial charge in [-0.05, 0) is 43.0 Å². The van der Waals surface area contributed by atoms with Gasteiger partial charge in [0.2, 0.25) is 0 Å². The fourth-order valence-electron chi connectivity index (χ4n) is 3.92. The Hall–Kier alpha value is -2.18. The van der Waals surface area contributed by atoms with Crippen molar-refractivity contribution >= 4 is 23.3 Å². The van der Waals surface area contributed by atoms with Crippen molar-refractivity contribution < 1.29 is 4.79 Å². The van der Waals surface area contributed by atoms with Gasteiger partial charge in [0.15, 0.2) is 0 Å². The minimum Gasteiger partial charge on any atom is -0.353 e. The summed E-state index contributed by atoms with van der Waals surface area (Å²) in [6.45, 7) is 6.24. The topological polar surface area (TPSA) is 52.6 Å². The molecule has 28 heavy (non-hydrogen) atoms. The van der Waals surface area contributed by atoms with E-state index in [4.69, 9.17) is 11.6 Å². The number of halogens is 1. The summed E-state index contributed by atoms with van der Waals surface area (Å²) < 4.78 is 0. The van der Waals surface area contributed by atoms with Crippen LogP contribution in [0.1, 0.15) is 35.2 Å². The summed E-state index contributed by atoms with van der Waals surface area (Å²) in [6.07, 6.45) is 8.71. The largest absolute Gasteiger partial charge is 0.353 e. The van der Waals surface area contributed by atoms with Gasteiger partial charge in [0.1, 0.15) is 5.82 Å². The molecule has 148 valence electrons. The lowest BCUT2D eigenvalue weighted by Gasteiger charge is -2.35. The molecule has 2 aromatic rings. The molecule has 0 aliphatic carbocycles. The minimum atomic E-state index is 0.0443. The highest BCUT2D eigenvalue weighted by atomic mass is 35.5. The summed E-state index contributed by atoms with van der Waals surface area (Å²) in [5.41, 5.74) is 1.87. The van der Waals surface area contributed by atoms with Gasteiger partial charge in [0.25, 0.3) is 5.91 Å². The van der Waals surface area contributed by atoms with Gasteiger partial charge in [0, 0.05) is 64.4 Å². The van der Waals surface area contributed by atoms with Gasteiger partial charge in [-0.3, -0.25) is 14.7 Å². The van der Waals surface area contributed by atoms with Crippen molar-refractivity contribution in [1.82, 2.24) is 19.8 Å². The fourth-order valence-corrected chi connectivity index (χ4v) is 4.21. The second-order valence-electron chi connectivity index (χ2n) is 7.50. The van der Waals surface area contributed by atoms with Crippen LogP contribution in [0.2, 0.25) is 5.02 Å². The molecule has 4 heterocycles. The van der Waals surface area contributed by atoms with Crippen LogP contribution in [0.15, 0.2) is 36.8 Å². The van der Waals surface area contributed by atoms with Crippen LogP contribution in [0.25, 0.3) is 0 Å². The molecule has 2 saturated heterocycles. The van der Waals surface area contributed by atoms with Gasteiger partial charge in [-0.25, -0.2) is 4.98 Å². The molecule has 2 aliphatic rings. The maximum Gasteiger partial charge on any atom is 0.255 e. The van der Waals surface area contributed by atoms with Gasteiger partial charge in [-0.15, -0.1) is 0 Å². The SMILES string of the molecule is O=C(c1cnc(N2CCN(Cc3ccncc3)CC2)c(Cl)c1)N1CCCCC1. The van der Waals surface area contributed by atoms with Crippen LogP contribution < -0.4 is 4.90 Å². The highest BCUT2D eigenvalue weighted by Crippen LogP contribution is 2.26. The molecular formula is C21H26ClN5O. The van der Waals surface area contributed by atoms with E-state index in [0.717, 1.165) is 64.5 Å². The number of carbonyl (C=O) groups is 1. The molecule has 6 nitrogen and oxygen atoms in total. The number of rotatable bonds is 4. The molecule has 2 fully saturated rings. The standard InChI is InChI=1S/C21H26ClN5O/c22-19-14-18(21(28)27-8-2-1-3-9-27)15-24-20(19)26-12-10-25(11-13-26)16-17-4-6-23-7-5-17/h4-7,14-15H,1-3,8-13,16H2. The first kappa shape index (κ1) is 19.2. The average molecular weight is 400 g/mol. The van der Waals surface area contributed by atoms with Gasteiger partial charge >= 0.3 is 0 Å². The summed E-state index contributed by atoms with van der Waals surface area (Å²) in [5.74, 6) is 0.822. The summed E-state index contributed by atoms with van der Waals surface area (Å²) >= 11 is 6.52. The third-order valence-electron chi connectivity index (χ3n) is 5.54. The van der Waals surface area contributed by atoms with E-state index in [1.54, 1.807) is 12.3 Å². The lowest BCUT2D eigenvalue weighted by Crippen LogP contribution is -2.46. The van der Waals surface area contributed by atoms with Crippen molar-refractivity contribution in [3.05, 3.63) is 52.9 Å². The molecule has 2 aromatic heterocycles.